The van der Waals surface area contributed by atoms with Crippen molar-refractivity contribution in [1.29, 1.82) is 5.26 Å². The molecule has 0 spiro atoms. The lowest BCUT2D eigenvalue weighted by Gasteiger charge is -2.36. The molecule has 12 heteroatoms. The molecule has 0 aliphatic carbocycles. The normalized spacial score (nSPS) is 19.3. The van der Waals surface area contributed by atoms with Gasteiger partial charge < -0.3 is 26.2 Å². The highest BCUT2D eigenvalue weighted by molar-refractivity contribution is 5.98. The monoisotopic (exact) mass is 529 g/mol. The summed E-state index contributed by atoms with van der Waals surface area (Å²) in [5, 5.41) is 15.2. The largest absolute Gasteiger partial charge is 0.378 e. The Labute approximate surface area is 224 Å². The van der Waals surface area contributed by atoms with Crippen LogP contribution in [-0.4, -0.2) is 58.6 Å². The SMILES string of the molecule is N#Cc1ccc(N2CC[C@H](Nc3cc(Nc4ccc(N5CCCCC5=O)cn4)ncc3C(N)=O)[C@H](F)C2)nc1. The van der Waals surface area contributed by atoms with Gasteiger partial charge in [-0.15, -0.1) is 0 Å². The zero-order valence-corrected chi connectivity index (χ0v) is 21.2. The van der Waals surface area contributed by atoms with Crippen molar-refractivity contribution in [2.75, 3.05) is 40.1 Å². The number of nitriles is 1. The van der Waals surface area contributed by atoms with E-state index >= 15 is 4.39 Å². The van der Waals surface area contributed by atoms with Crippen molar-refractivity contribution in [2.45, 2.75) is 37.9 Å². The summed E-state index contributed by atoms with van der Waals surface area (Å²) in [6, 6.07) is 9.99. The van der Waals surface area contributed by atoms with Gasteiger partial charge in [-0.1, -0.05) is 0 Å². The van der Waals surface area contributed by atoms with E-state index < -0.39 is 18.1 Å². The lowest BCUT2D eigenvalue weighted by molar-refractivity contribution is -0.119. The number of primary amides is 1. The number of amides is 2. The molecule has 4 N–H and O–H groups in total. The fourth-order valence-electron chi connectivity index (χ4n) is 4.78. The maximum Gasteiger partial charge on any atom is 0.252 e. The fraction of sp³-hybridized carbons (Fsp3) is 0.333. The molecule has 5 heterocycles. The lowest BCUT2D eigenvalue weighted by Crippen LogP contribution is -2.48. The number of hydrogen-bond acceptors (Lipinski definition) is 9. The molecule has 2 saturated heterocycles. The molecule has 2 aliphatic rings. The third kappa shape index (κ3) is 5.87. The molecule has 2 aliphatic heterocycles. The minimum Gasteiger partial charge on any atom is -0.378 e. The van der Waals surface area contributed by atoms with Gasteiger partial charge in [0.2, 0.25) is 5.91 Å². The Morgan fingerprint density at radius 1 is 1.08 bits per heavy atom. The lowest BCUT2D eigenvalue weighted by atomic mass is 10.0. The van der Waals surface area contributed by atoms with E-state index in [-0.39, 0.29) is 18.0 Å². The van der Waals surface area contributed by atoms with Crippen molar-refractivity contribution in [1.82, 2.24) is 15.0 Å². The summed E-state index contributed by atoms with van der Waals surface area (Å²) in [6.45, 7) is 1.32. The summed E-state index contributed by atoms with van der Waals surface area (Å²) in [5.74, 6) is 0.909. The highest BCUT2D eigenvalue weighted by atomic mass is 19.1. The van der Waals surface area contributed by atoms with E-state index in [0.717, 1.165) is 18.5 Å². The first kappa shape index (κ1) is 25.8. The molecule has 11 nitrogen and oxygen atoms in total. The second-order valence-electron chi connectivity index (χ2n) is 9.53. The van der Waals surface area contributed by atoms with Crippen LogP contribution in [0.15, 0.2) is 48.9 Å². The van der Waals surface area contributed by atoms with Crippen LogP contribution in [0.25, 0.3) is 0 Å². The van der Waals surface area contributed by atoms with Crippen molar-refractivity contribution < 1.29 is 14.0 Å². The Hall–Kier alpha value is -4.79. The van der Waals surface area contributed by atoms with Gasteiger partial charge in [0.05, 0.1) is 41.3 Å². The molecule has 2 atom stereocenters. The molecule has 2 fully saturated rings. The number of alkyl halides is 1. The number of halogens is 1. The third-order valence-electron chi connectivity index (χ3n) is 6.89. The highest BCUT2D eigenvalue weighted by Gasteiger charge is 2.31. The number of pyridine rings is 3. The second kappa shape index (κ2) is 11.3. The smallest absolute Gasteiger partial charge is 0.252 e. The number of carbonyl (C=O) groups excluding carboxylic acids is 2. The van der Waals surface area contributed by atoms with Crippen LogP contribution >= 0.6 is 0 Å². The summed E-state index contributed by atoms with van der Waals surface area (Å²) in [6.07, 6.45) is 6.04. The van der Waals surface area contributed by atoms with Crippen LogP contribution in [0.5, 0.6) is 0 Å². The van der Waals surface area contributed by atoms with E-state index in [2.05, 4.69) is 25.6 Å². The van der Waals surface area contributed by atoms with E-state index in [1.54, 1.807) is 35.4 Å². The Bertz CT molecular complexity index is 1390. The number of nitrogens with zero attached hydrogens (tertiary/aromatic N) is 6. The number of anilines is 5. The number of nitrogens with two attached hydrogens (primary N) is 1. The van der Waals surface area contributed by atoms with Crippen molar-refractivity contribution >= 4 is 40.6 Å². The van der Waals surface area contributed by atoms with Crippen LogP contribution in [0.2, 0.25) is 0 Å². The number of rotatable bonds is 7. The van der Waals surface area contributed by atoms with Crippen molar-refractivity contribution in [3.63, 3.8) is 0 Å². The first-order chi connectivity index (χ1) is 18.9. The zero-order chi connectivity index (χ0) is 27.4. The van der Waals surface area contributed by atoms with Gasteiger partial charge in [-0.2, -0.15) is 5.26 Å². The average molecular weight is 530 g/mol. The number of carbonyl (C=O) groups is 2. The molecule has 2 amide bonds. The van der Waals surface area contributed by atoms with Crippen LogP contribution in [-0.2, 0) is 4.79 Å². The maximum absolute atomic E-state index is 15.2. The molecule has 3 aromatic rings. The minimum absolute atomic E-state index is 0.0911. The van der Waals surface area contributed by atoms with Gasteiger partial charge in [0.15, 0.2) is 0 Å². The molecule has 0 bridgehead atoms. The number of nitrogens with one attached hydrogen (secondary N) is 2. The van der Waals surface area contributed by atoms with Crippen molar-refractivity contribution in [2.24, 2.45) is 5.73 Å². The number of aromatic nitrogens is 3. The van der Waals surface area contributed by atoms with Crippen LogP contribution in [0.1, 0.15) is 41.6 Å². The van der Waals surface area contributed by atoms with Gasteiger partial charge >= 0.3 is 0 Å². The Morgan fingerprint density at radius 3 is 2.59 bits per heavy atom. The van der Waals surface area contributed by atoms with Gasteiger partial charge in [-0.25, -0.2) is 19.3 Å². The Kier molecular flexibility index (Phi) is 7.49. The van der Waals surface area contributed by atoms with Crippen LogP contribution in [0.3, 0.4) is 0 Å². The third-order valence-corrected chi connectivity index (χ3v) is 6.89. The standard InChI is InChI=1S/C27H28FN9O2/c28-20-16-36(25-7-4-17(12-29)13-33-25)10-8-21(20)34-22-11-24(32-15-19(22)27(30)39)35-23-6-5-18(14-31-23)37-9-2-1-3-26(37)38/h4-7,11,13-15,20-21H,1-3,8-10,16H2,(H2,30,39)(H2,31,32,34,35)/t20-,21+/m1/s1. The van der Waals surface area contributed by atoms with E-state index in [1.165, 1.54) is 12.4 Å². The van der Waals surface area contributed by atoms with E-state index in [9.17, 15) is 9.59 Å². The van der Waals surface area contributed by atoms with Crippen molar-refractivity contribution in [3.8, 4) is 6.07 Å². The van der Waals surface area contributed by atoms with Crippen LogP contribution in [0.4, 0.5) is 33.2 Å². The van der Waals surface area contributed by atoms with Gasteiger partial charge in [-0.3, -0.25) is 9.59 Å². The van der Waals surface area contributed by atoms with Crippen LogP contribution < -0.4 is 26.2 Å². The molecule has 0 unspecified atom stereocenters. The molecule has 3 aromatic heterocycles. The average Bonchev–Trinajstić information content (AvgIpc) is 2.95. The first-order valence-corrected chi connectivity index (χ1v) is 12.8. The summed E-state index contributed by atoms with van der Waals surface area (Å²) >= 11 is 0. The molecule has 200 valence electrons. The van der Waals surface area contributed by atoms with Gasteiger partial charge in [0, 0.05) is 38.0 Å². The number of hydrogen-bond donors (Lipinski definition) is 3. The minimum atomic E-state index is -1.26. The summed E-state index contributed by atoms with van der Waals surface area (Å²) in [7, 11) is 0. The first-order valence-electron chi connectivity index (χ1n) is 12.8. The summed E-state index contributed by atoms with van der Waals surface area (Å²) in [4.78, 5) is 40.7. The molecule has 0 saturated carbocycles. The Morgan fingerprint density at radius 2 is 1.92 bits per heavy atom. The molecular formula is C27H28FN9O2. The predicted molar refractivity (Wildman–Crippen MR) is 145 cm³/mol. The molecule has 5 rings (SSSR count). The highest BCUT2D eigenvalue weighted by Crippen LogP contribution is 2.27. The molecule has 39 heavy (non-hydrogen) atoms. The number of piperidine rings is 2. The summed E-state index contributed by atoms with van der Waals surface area (Å²) < 4.78 is 15.2. The maximum atomic E-state index is 15.2. The molecule has 0 radical (unpaired) electrons. The molecular weight excluding hydrogens is 501 g/mol. The quantitative estimate of drug-likeness (QED) is 0.419. The van der Waals surface area contributed by atoms with E-state index in [4.69, 9.17) is 11.0 Å². The van der Waals surface area contributed by atoms with Gasteiger partial charge in [0.25, 0.3) is 5.91 Å². The van der Waals surface area contributed by atoms with E-state index in [0.29, 0.717) is 54.6 Å². The van der Waals surface area contributed by atoms with Crippen LogP contribution in [0, 0.1) is 11.3 Å². The second-order valence-corrected chi connectivity index (χ2v) is 9.53. The zero-order valence-electron chi connectivity index (χ0n) is 21.2. The fourth-order valence-corrected chi connectivity index (χ4v) is 4.78. The van der Waals surface area contributed by atoms with Gasteiger partial charge in [-0.05, 0) is 43.5 Å². The predicted octanol–water partition coefficient (Wildman–Crippen LogP) is 3.13. The Balaban J connectivity index is 1.27. The molecule has 0 aromatic carbocycles. The topological polar surface area (TPSA) is 153 Å². The summed E-state index contributed by atoms with van der Waals surface area (Å²) in [5.41, 5.74) is 7.26. The van der Waals surface area contributed by atoms with Crippen molar-refractivity contribution in [3.05, 3.63) is 60.0 Å². The van der Waals surface area contributed by atoms with E-state index in [1.807, 2.05) is 17.0 Å². The van der Waals surface area contributed by atoms with Gasteiger partial charge in [0.1, 0.15) is 29.7 Å².